The van der Waals surface area contributed by atoms with Crippen molar-refractivity contribution in [2.75, 3.05) is 0 Å². The van der Waals surface area contributed by atoms with Gasteiger partial charge in [-0.05, 0) is 23.3 Å². The molecule has 2 heteroatoms. The van der Waals surface area contributed by atoms with Crippen molar-refractivity contribution >= 4 is 11.6 Å². The topological polar surface area (TPSA) is 34.1 Å². The van der Waals surface area contributed by atoms with Crippen LogP contribution in [0, 0.1) is 0 Å². The first-order valence-corrected chi connectivity index (χ1v) is 6.19. The van der Waals surface area contributed by atoms with E-state index in [-0.39, 0.29) is 11.6 Å². The average Bonchev–Trinajstić information content (AvgIpc) is 2.53. The third-order valence-electron chi connectivity index (χ3n) is 3.04. The number of ketones is 2. The summed E-state index contributed by atoms with van der Waals surface area (Å²) in [5, 5.41) is 0. The Hall–Kier alpha value is -2.74. The van der Waals surface area contributed by atoms with Crippen LogP contribution in [0.3, 0.4) is 0 Å². The highest BCUT2D eigenvalue weighted by atomic mass is 16.1. The lowest BCUT2D eigenvalue weighted by molar-refractivity contribution is 0.103. The molecule has 0 saturated heterocycles. The highest BCUT2D eigenvalue weighted by Gasteiger charge is 2.04. The highest BCUT2D eigenvalue weighted by Crippen LogP contribution is 2.21. The molecule has 0 radical (unpaired) electrons. The maximum atomic E-state index is 11.4. The SMILES string of the molecule is C=CC(=O)c1ccc(-c2ccc(C(=O)C=C)cc2)cc1. The second kappa shape index (κ2) is 5.93. The van der Waals surface area contributed by atoms with Crippen LogP contribution in [0.25, 0.3) is 11.1 Å². The minimum Gasteiger partial charge on any atom is -0.289 e. The summed E-state index contributed by atoms with van der Waals surface area (Å²) in [5.41, 5.74) is 3.20. The molecule has 98 valence electrons. The lowest BCUT2D eigenvalue weighted by Crippen LogP contribution is -1.94. The smallest absolute Gasteiger partial charge is 0.185 e. The predicted octanol–water partition coefficient (Wildman–Crippen LogP) is 4.09. The Balaban J connectivity index is 2.28. The zero-order valence-corrected chi connectivity index (χ0v) is 11.0. The molecular formula is C18H14O2. The molecule has 0 spiro atoms. The summed E-state index contributed by atoms with van der Waals surface area (Å²) < 4.78 is 0. The van der Waals surface area contributed by atoms with Crippen molar-refractivity contribution < 1.29 is 9.59 Å². The lowest BCUT2D eigenvalue weighted by atomic mass is 10.0. The molecular weight excluding hydrogens is 248 g/mol. The van der Waals surface area contributed by atoms with E-state index in [0.717, 1.165) is 11.1 Å². The molecule has 0 unspecified atom stereocenters. The third-order valence-corrected chi connectivity index (χ3v) is 3.04. The molecule has 0 amide bonds. The molecule has 0 bridgehead atoms. The van der Waals surface area contributed by atoms with Gasteiger partial charge in [-0.25, -0.2) is 0 Å². The number of rotatable bonds is 5. The molecule has 0 aliphatic heterocycles. The first-order chi connectivity index (χ1) is 9.65. The molecule has 0 fully saturated rings. The molecule has 0 atom stereocenters. The van der Waals surface area contributed by atoms with Crippen molar-refractivity contribution in [1.29, 1.82) is 0 Å². The van der Waals surface area contributed by atoms with Gasteiger partial charge in [0, 0.05) is 11.1 Å². The largest absolute Gasteiger partial charge is 0.289 e. The van der Waals surface area contributed by atoms with Crippen LogP contribution in [0.1, 0.15) is 20.7 Å². The van der Waals surface area contributed by atoms with Gasteiger partial charge in [-0.3, -0.25) is 9.59 Å². The van der Waals surface area contributed by atoms with Crippen LogP contribution in [0.4, 0.5) is 0 Å². The number of allylic oxidation sites excluding steroid dienone is 2. The van der Waals surface area contributed by atoms with E-state index in [1.165, 1.54) is 12.2 Å². The van der Waals surface area contributed by atoms with Crippen LogP contribution in [0.2, 0.25) is 0 Å². The van der Waals surface area contributed by atoms with E-state index in [0.29, 0.717) is 11.1 Å². The Morgan fingerprint density at radius 1 is 0.650 bits per heavy atom. The number of carbonyl (C=O) groups is 2. The van der Waals surface area contributed by atoms with Crippen molar-refractivity contribution in [1.82, 2.24) is 0 Å². The number of hydrogen-bond acceptors (Lipinski definition) is 2. The first-order valence-electron chi connectivity index (χ1n) is 6.19. The van der Waals surface area contributed by atoms with Crippen molar-refractivity contribution in [3.63, 3.8) is 0 Å². The van der Waals surface area contributed by atoms with E-state index in [1.807, 2.05) is 24.3 Å². The van der Waals surface area contributed by atoms with E-state index in [4.69, 9.17) is 0 Å². The molecule has 0 saturated carbocycles. The van der Waals surface area contributed by atoms with Crippen LogP contribution in [0.5, 0.6) is 0 Å². The quantitative estimate of drug-likeness (QED) is 0.600. The Bertz CT molecular complexity index is 600. The second-order valence-electron chi connectivity index (χ2n) is 4.29. The number of benzene rings is 2. The van der Waals surface area contributed by atoms with E-state index < -0.39 is 0 Å². The van der Waals surface area contributed by atoms with Crippen LogP contribution in [-0.4, -0.2) is 11.6 Å². The van der Waals surface area contributed by atoms with Crippen LogP contribution in [-0.2, 0) is 0 Å². The molecule has 0 aromatic heterocycles. The number of carbonyl (C=O) groups excluding carboxylic acids is 2. The van der Waals surface area contributed by atoms with E-state index in [9.17, 15) is 9.59 Å². The molecule has 0 aliphatic carbocycles. The second-order valence-corrected chi connectivity index (χ2v) is 4.29. The minimum atomic E-state index is -0.0940. The minimum absolute atomic E-state index is 0.0940. The van der Waals surface area contributed by atoms with Gasteiger partial charge in [-0.2, -0.15) is 0 Å². The summed E-state index contributed by atoms with van der Waals surface area (Å²) in [4.78, 5) is 22.9. The molecule has 0 aliphatic rings. The molecule has 2 rings (SSSR count). The van der Waals surface area contributed by atoms with Gasteiger partial charge in [0.05, 0.1) is 0 Å². The maximum Gasteiger partial charge on any atom is 0.185 e. The maximum absolute atomic E-state index is 11.4. The van der Waals surface area contributed by atoms with Gasteiger partial charge in [0.1, 0.15) is 0 Å². The number of hydrogen-bond donors (Lipinski definition) is 0. The Labute approximate surface area is 118 Å². The summed E-state index contributed by atoms with van der Waals surface area (Å²) >= 11 is 0. The molecule has 2 aromatic rings. The lowest BCUT2D eigenvalue weighted by Gasteiger charge is -2.04. The summed E-state index contributed by atoms with van der Waals surface area (Å²) in [6, 6.07) is 14.6. The van der Waals surface area contributed by atoms with Crippen LogP contribution >= 0.6 is 0 Å². The molecule has 0 heterocycles. The average molecular weight is 262 g/mol. The van der Waals surface area contributed by atoms with Gasteiger partial charge in [0.2, 0.25) is 0 Å². The summed E-state index contributed by atoms with van der Waals surface area (Å²) in [5.74, 6) is -0.188. The molecule has 2 aromatic carbocycles. The molecule has 2 nitrogen and oxygen atoms in total. The summed E-state index contributed by atoms with van der Waals surface area (Å²) in [6.07, 6.45) is 2.59. The van der Waals surface area contributed by atoms with Crippen molar-refractivity contribution in [2.45, 2.75) is 0 Å². The van der Waals surface area contributed by atoms with Crippen molar-refractivity contribution in [3.05, 3.63) is 85.0 Å². The summed E-state index contributed by atoms with van der Waals surface area (Å²) in [6.45, 7) is 6.92. The van der Waals surface area contributed by atoms with E-state index in [2.05, 4.69) is 13.2 Å². The van der Waals surface area contributed by atoms with Gasteiger partial charge in [0.25, 0.3) is 0 Å². The fourth-order valence-electron chi connectivity index (χ4n) is 1.89. The van der Waals surface area contributed by atoms with Crippen LogP contribution in [0.15, 0.2) is 73.8 Å². The third kappa shape index (κ3) is 2.81. The highest BCUT2D eigenvalue weighted by molar-refractivity contribution is 6.05. The van der Waals surface area contributed by atoms with E-state index >= 15 is 0 Å². The van der Waals surface area contributed by atoms with Gasteiger partial charge >= 0.3 is 0 Å². The zero-order valence-electron chi connectivity index (χ0n) is 11.0. The van der Waals surface area contributed by atoms with Crippen molar-refractivity contribution in [2.24, 2.45) is 0 Å². The van der Waals surface area contributed by atoms with Crippen LogP contribution < -0.4 is 0 Å². The van der Waals surface area contributed by atoms with Gasteiger partial charge < -0.3 is 0 Å². The Kier molecular flexibility index (Phi) is 4.06. The van der Waals surface area contributed by atoms with Gasteiger partial charge in [-0.15, -0.1) is 0 Å². The van der Waals surface area contributed by atoms with Gasteiger partial charge in [0.15, 0.2) is 11.6 Å². The molecule has 0 N–H and O–H groups in total. The zero-order chi connectivity index (χ0) is 14.5. The summed E-state index contributed by atoms with van der Waals surface area (Å²) in [7, 11) is 0. The van der Waals surface area contributed by atoms with E-state index in [1.54, 1.807) is 24.3 Å². The normalized spacial score (nSPS) is 9.80. The fraction of sp³-hybridized carbons (Fsp3) is 0. The Morgan fingerprint density at radius 3 is 1.20 bits per heavy atom. The predicted molar refractivity (Wildman–Crippen MR) is 80.9 cm³/mol. The molecule has 20 heavy (non-hydrogen) atoms. The van der Waals surface area contributed by atoms with Crippen molar-refractivity contribution in [3.8, 4) is 11.1 Å². The standard InChI is InChI=1S/C18H14O2/c1-3-17(19)15-9-5-13(6-10-15)14-7-11-16(12-8-14)18(20)4-2/h3-12H,1-2H2. The Morgan fingerprint density at radius 2 is 0.950 bits per heavy atom. The first kappa shape index (κ1) is 13.7. The van der Waals surface area contributed by atoms with Gasteiger partial charge in [-0.1, -0.05) is 61.7 Å². The monoisotopic (exact) mass is 262 g/mol. The fourth-order valence-corrected chi connectivity index (χ4v) is 1.89.